The molecule has 0 amide bonds. The van der Waals surface area contributed by atoms with E-state index < -0.39 is 0 Å². The van der Waals surface area contributed by atoms with Gasteiger partial charge in [-0.15, -0.1) is 0 Å². The molecule has 1 atom stereocenters. The maximum Gasteiger partial charge on any atom is 0.118 e. The summed E-state index contributed by atoms with van der Waals surface area (Å²) in [6, 6.07) is 7.73. The van der Waals surface area contributed by atoms with Crippen LogP contribution in [-0.4, -0.2) is 24.9 Å². The van der Waals surface area contributed by atoms with E-state index in [1.807, 2.05) is 31.2 Å². The summed E-state index contributed by atoms with van der Waals surface area (Å²) in [5.41, 5.74) is 1.09. The summed E-state index contributed by atoms with van der Waals surface area (Å²) in [5, 5.41) is 9.46. The van der Waals surface area contributed by atoms with Crippen LogP contribution in [0.2, 0.25) is 0 Å². The lowest BCUT2D eigenvalue weighted by Gasteiger charge is -2.10. The standard InChI is InChI=1S/C13H20O3/c1-3-4-12(14)10-16-9-11-5-7-13(15-2)8-6-11/h5-8,12,14H,3-4,9-10H2,1-2H3/t12-/m1/s1. The van der Waals surface area contributed by atoms with E-state index in [4.69, 9.17) is 9.47 Å². The summed E-state index contributed by atoms with van der Waals surface area (Å²) in [6.45, 7) is 2.98. The summed E-state index contributed by atoms with van der Waals surface area (Å²) < 4.78 is 10.5. The van der Waals surface area contributed by atoms with Crippen LogP contribution in [0.5, 0.6) is 5.75 Å². The Morgan fingerprint density at radius 3 is 2.50 bits per heavy atom. The van der Waals surface area contributed by atoms with Crippen molar-refractivity contribution in [3.63, 3.8) is 0 Å². The average Bonchev–Trinajstić information content (AvgIpc) is 2.30. The first-order chi connectivity index (χ1) is 7.76. The zero-order valence-electron chi connectivity index (χ0n) is 9.98. The molecule has 1 aromatic carbocycles. The molecule has 1 N–H and O–H groups in total. The molecule has 0 heterocycles. The van der Waals surface area contributed by atoms with Crippen molar-refractivity contribution >= 4 is 0 Å². The smallest absolute Gasteiger partial charge is 0.118 e. The van der Waals surface area contributed by atoms with Crippen LogP contribution in [0.3, 0.4) is 0 Å². The molecule has 0 unspecified atom stereocenters. The monoisotopic (exact) mass is 224 g/mol. The number of ether oxygens (including phenoxy) is 2. The second-order valence-electron chi connectivity index (χ2n) is 3.81. The number of aliphatic hydroxyl groups excluding tert-OH is 1. The molecular formula is C13H20O3. The third-order valence-electron chi connectivity index (χ3n) is 2.36. The number of rotatable bonds is 7. The topological polar surface area (TPSA) is 38.7 Å². The van der Waals surface area contributed by atoms with Gasteiger partial charge < -0.3 is 14.6 Å². The van der Waals surface area contributed by atoms with Gasteiger partial charge in [0.25, 0.3) is 0 Å². The number of hydrogen-bond acceptors (Lipinski definition) is 3. The SMILES string of the molecule is CCC[C@@H](O)COCc1ccc(OC)cc1. The molecule has 1 rings (SSSR count). The van der Waals surface area contributed by atoms with E-state index in [2.05, 4.69) is 0 Å². The molecule has 16 heavy (non-hydrogen) atoms. The second-order valence-corrected chi connectivity index (χ2v) is 3.81. The maximum absolute atomic E-state index is 9.46. The fraction of sp³-hybridized carbons (Fsp3) is 0.538. The summed E-state index contributed by atoms with van der Waals surface area (Å²) >= 11 is 0. The molecule has 0 radical (unpaired) electrons. The van der Waals surface area contributed by atoms with Crippen LogP contribution in [0.1, 0.15) is 25.3 Å². The van der Waals surface area contributed by atoms with Gasteiger partial charge in [0.15, 0.2) is 0 Å². The quantitative estimate of drug-likeness (QED) is 0.772. The molecule has 0 bridgehead atoms. The van der Waals surface area contributed by atoms with Crippen LogP contribution in [0.15, 0.2) is 24.3 Å². The van der Waals surface area contributed by atoms with Gasteiger partial charge in [-0.2, -0.15) is 0 Å². The molecule has 3 nitrogen and oxygen atoms in total. The van der Waals surface area contributed by atoms with E-state index in [9.17, 15) is 5.11 Å². The number of aliphatic hydroxyl groups is 1. The van der Waals surface area contributed by atoms with Gasteiger partial charge in [-0.05, 0) is 24.1 Å². The van der Waals surface area contributed by atoms with E-state index in [-0.39, 0.29) is 6.10 Å². The summed E-state index contributed by atoms with van der Waals surface area (Å²) in [5.74, 6) is 0.842. The predicted octanol–water partition coefficient (Wildman–Crippen LogP) is 2.37. The lowest BCUT2D eigenvalue weighted by Crippen LogP contribution is -2.14. The molecule has 0 saturated heterocycles. The van der Waals surface area contributed by atoms with Gasteiger partial charge >= 0.3 is 0 Å². The van der Waals surface area contributed by atoms with Gasteiger partial charge in [-0.1, -0.05) is 25.5 Å². The molecule has 0 fully saturated rings. The Morgan fingerprint density at radius 1 is 1.25 bits per heavy atom. The van der Waals surface area contributed by atoms with Crippen molar-refractivity contribution in [3.05, 3.63) is 29.8 Å². The first-order valence-corrected chi connectivity index (χ1v) is 5.65. The Labute approximate surface area is 97.0 Å². The van der Waals surface area contributed by atoms with Crippen molar-refractivity contribution in [3.8, 4) is 5.75 Å². The largest absolute Gasteiger partial charge is 0.497 e. The van der Waals surface area contributed by atoms with Gasteiger partial charge in [0.05, 0.1) is 26.4 Å². The van der Waals surface area contributed by atoms with Crippen molar-refractivity contribution in [1.82, 2.24) is 0 Å². The van der Waals surface area contributed by atoms with E-state index in [1.54, 1.807) is 7.11 Å². The molecule has 0 aromatic heterocycles. The third-order valence-corrected chi connectivity index (χ3v) is 2.36. The van der Waals surface area contributed by atoms with Crippen LogP contribution in [-0.2, 0) is 11.3 Å². The maximum atomic E-state index is 9.46. The highest BCUT2D eigenvalue weighted by atomic mass is 16.5. The minimum Gasteiger partial charge on any atom is -0.497 e. The van der Waals surface area contributed by atoms with E-state index >= 15 is 0 Å². The number of methoxy groups -OCH3 is 1. The minimum absolute atomic E-state index is 0.344. The number of benzene rings is 1. The summed E-state index contributed by atoms with van der Waals surface area (Å²) in [7, 11) is 1.65. The average molecular weight is 224 g/mol. The summed E-state index contributed by atoms with van der Waals surface area (Å²) in [4.78, 5) is 0. The third kappa shape index (κ3) is 4.64. The Morgan fingerprint density at radius 2 is 1.94 bits per heavy atom. The second kappa shape index (κ2) is 7.25. The molecular weight excluding hydrogens is 204 g/mol. The highest BCUT2D eigenvalue weighted by molar-refractivity contribution is 5.26. The minimum atomic E-state index is -0.344. The van der Waals surface area contributed by atoms with E-state index in [1.165, 1.54) is 0 Å². The van der Waals surface area contributed by atoms with Gasteiger partial charge in [-0.25, -0.2) is 0 Å². The normalized spacial score (nSPS) is 12.4. The van der Waals surface area contributed by atoms with E-state index in [0.29, 0.717) is 13.2 Å². The van der Waals surface area contributed by atoms with E-state index in [0.717, 1.165) is 24.2 Å². The summed E-state index contributed by atoms with van der Waals surface area (Å²) in [6.07, 6.45) is 1.43. The molecule has 0 aliphatic heterocycles. The number of hydrogen-bond donors (Lipinski definition) is 1. The first-order valence-electron chi connectivity index (χ1n) is 5.65. The molecule has 0 aliphatic carbocycles. The van der Waals surface area contributed by atoms with Crippen molar-refractivity contribution in [2.75, 3.05) is 13.7 Å². The molecule has 0 aliphatic rings. The Balaban J connectivity index is 2.26. The molecule has 90 valence electrons. The van der Waals surface area contributed by atoms with Gasteiger partial charge in [0, 0.05) is 0 Å². The van der Waals surface area contributed by atoms with Crippen molar-refractivity contribution in [1.29, 1.82) is 0 Å². The first kappa shape index (κ1) is 13.0. The lowest BCUT2D eigenvalue weighted by molar-refractivity contribution is 0.0242. The van der Waals surface area contributed by atoms with Crippen LogP contribution in [0, 0.1) is 0 Å². The molecule has 1 aromatic rings. The lowest BCUT2D eigenvalue weighted by atomic mass is 10.2. The van der Waals surface area contributed by atoms with Crippen molar-refractivity contribution < 1.29 is 14.6 Å². The molecule has 0 spiro atoms. The molecule has 0 saturated carbocycles. The zero-order valence-corrected chi connectivity index (χ0v) is 9.98. The predicted molar refractivity (Wildman–Crippen MR) is 63.6 cm³/mol. The fourth-order valence-corrected chi connectivity index (χ4v) is 1.45. The van der Waals surface area contributed by atoms with Crippen LogP contribution in [0.25, 0.3) is 0 Å². The van der Waals surface area contributed by atoms with Crippen LogP contribution < -0.4 is 4.74 Å². The Kier molecular flexibility index (Phi) is 5.90. The van der Waals surface area contributed by atoms with Gasteiger partial charge in [0.1, 0.15) is 5.75 Å². The Bertz CT molecular complexity index is 282. The fourth-order valence-electron chi connectivity index (χ4n) is 1.45. The highest BCUT2D eigenvalue weighted by Crippen LogP contribution is 2.12. The van der Waals surface area contributed by atoms with Crippen molar-refractivity contribution in [2.24, 2.45) is 0 Å². The zero-order chi connectivity index (χ0) is 11.8. The van der Waals surface area contributed by atoms with Crippen molar-refractivity contribution in [2.45, 2.75) is 32.5 Å². The molecule has 3 heteroatoms. The van der Waals surface area contributed by atoms with Gasteiger partial charge in [-0.3, -0.25) is 0 Å². The highest BCUT2D eigenvalue weighted by Gasteiger charge is 2.02. The van der Waals surface area contributed by atoms with Crippen LogP contribution in [0.4, 0.5) is 0 Å². The Hall–Kier alpha value is -1.06. The van der Waals surface area contributed by atoms with Gasteiger partial charge in [0.2, 0.25) is 0 Å². The van der Waals surface area contributed by atoms with Crippen LogP contribution >= 0.6 is 0 Å².